The average Bonchev–Trinajstić information content (AvgIpc) is 2.61. The quantitative estimate of drug-likeness (QED) is 0.801. The number of aryl methyl sites for hydroxylation is 2. The van der Waals surface area contributed by atoms with Crippen molar-refractivity contribution in [1.82, 2.24) is 5.32 Å². The number of rotatable bonds is 7. The third-order valence-electron chi connectivity index (χ3n) is 4.27. The standard InChI is InChI=1S/C21H27NO3/c1-6-18(16-8-10-19(24-5)14(3)12-16)22-21(23)17-9-11-20(25-7-2)15(4)13-17/h8-13,18H,6-7H2,1-5H3,(H,22,23)/t18-/m0/s1. The van der Waals surface area contributed by atoms with Crippen LogP contribution in [0.4, 0.5) is 0 Å². The molecule has 0 unspecified atom stereocenters. The molecule has 0 aliphatic carbocycles. The molecule has 0 aliphatic heterocycles. The van der Waals surface area contributed by atoms with Crippen molar-refractivity contribution in [2.75, 3.05) is 13.7 Å². The van der Waals surface area contributed by atoms with Crippen LogP contribution in [-0.2, 0) is 0 Å². The van der Waals surface area contributed by atoms with E-state index in [1.165, 1.54) is 0 Å². The van der Waals surface area contributed by atoms with Gasteiger partial charge in [-0.2, -0.15) is 0 Å². The van der Waals surface area contributed by atoms with E-state index < -0.39 is 0 Å². The predicted molar refractivity (Wildman–Crippen MR) is 101 cm³/mol. The van der Waals surface area contributed by atoms with Crippen LogP contribution < -0.4 is 14.8 Å². The molecule has 25 heavy (non-hydrogen) atoms. The van der Waals surface area contributed by atoms with Gasteiger partial charge < -0.3 is 14.8 Å². The Bertz CT molecular complexity index is 740. The van der Waals surface area contributed by atoms with E-state index in [2.05, 4.69) is 18.3 Å². The maximum absolute atomic E-state index is 12.6. The number of benzene rings is 2. The molecule has 0 bridgehead atoms. The lowest BCUT2D eigenvalue weighted by atomic mass is 10.0. The summed E-state index contributed by atoms with van der Waals surface area (Å²) in [4.78, 5) is 12.6. The van der Waals surface area contributed by atoms with Crippen molar-refractivity contribution in [3.63, 3.8) is 0 Å². The summed E-state index contributed by atoms with van der Waals surface area (Å²) in [5.74, 6) is 1.59. The lowest BCUT2D eigenvalue weighted by molar-refractivity contribution is 0.0935. The van der Waals surface area contributed by atoms with E-state index in [-0.39, 0.29) is 11.9 Å². The van der Waals surface area contributed by atoms with Gasteiger partial charge in [-0.3, -0.25) is 4.79 Å². The van der Waals surface area contributed by atoms with Gasteiger partial charge in [0.2, 0.25) is 0 Å². The van der Waals surface area contributed by atoms with Crippen LogP contribution >= 0.6 is 0 Å². The molecule has 2 aromatic rings. The molecule has 1 amide bonds. The Morgan fingerprint density at radius 3 is 2.28 bits per heavy atom. The molecule has 0 saturated carbocycles. The highest BCUT2D eigenvalue weighted by molar-refractivity contribution is 5.94. The first-order chi connectivity index (χ1) is 12.0. The summed E-state index contributed by atoms with van der Waals surface area (Å²) in [5.41, 5.74) is 3.74. The number of nitrogens with one attached hydrogen (secondary N) is 1. The average molecular weight is 341 g/mol. The van der Waals surface area contributed by atoms with Crippen molar-refractivity contribution < 1.29 is 14.3 Å². The van der Waals surface area contributed by atoms with E-state index in [9.17, 15) is 4.79 Å². The Hall–Kier alpha value is -2.49. The molecule has 0 spiro atoms. The molecule has 4 nitrogen and oxygen atoms in total. The van der Waals surface area contributed by atoms with Crippen LogP contribution in [0, 0.1) is 13.8 Å². The molecule has 0 aliphatic rings. The van der Waals surface area contributed by atoms with Crippen molar-refractivity contribution in [2.24, 2.45) is 0 Å². The van der Waals surface area contributed by atoms with Gasteiger partial charge in [-0.15, -0.1) is 0 Å². The Kier molecular flexibility index (Phi) is 6.45. The number of hydrogen-bond donors (Lipinski definition) is 1. The summed E-state index contributed by atoms with van der Waals surface area (Å²) in [7, 11) is 1.66. The zero-order chi connectivity index (χ0) is 18.4. The number of hydrogen-bond acceptors (Lipinski definition) is 3. The molecule has 134 valence electrons. The number of methoxy groups -OCH3 is 1. The van der Waals surface area contributed by atoms with Gasteiger partial charge in [0.05, 0.1) is 19.8 Å². The fourth-order valence-electron chi connectivity index (χ4n) is 2.89. The summed E-state index contributed by atoms with van der Waals surface area (Å²) in [6.45, 7) is 8.58. The summed E-state index contributed by atoms with van der Waals surface area (Å²) in [6, 6.07) is 11.5. The molecule has 2 rings (SSSR count). The Balaban J connectivity index is 2.17. The summed E-state index contributed by atoms with van der Waals surface area (Å²) < 4.78 is 10.8. The highest BCUT2D eigenvalue weighted by atomic mass is 16.5. The Morgan fingerprint density at radius 2 is 1.72 bits per heavy atom. The fraction of sp³-hybridized carbons (Fsp3) is 0.381. The molecule has 2 aromatic carbocycles. The third kappa shape index (κ3) is 4.53. The molecule has 4 heteroatoms. The highest BCUT2D eigenvalue weighted by Gasteiger charge is 2.16. The Labute approximate surface area is 150 Å². The van der Waals surface area contributed by atoms with Gasteiger partial charge in [-0.05, 0) is 68.1 Å². The zero-order valence-electron chi connectivity index (χ0n) is 15.7. The van der Waals surface area contributed by atoms with Gasteiger partial charge in [-0.25, -0.2) is 0 Å². The maximum atomic E-state index is 12.6. The number of carbonyl (C=O) groups excluding carboxylic acids is 1. The molecule has 1 atom stereocenters. The summed E-state index contributed by atoms with van der Waals surface area (Å²) in [5, 5.41) is 3.12. The van der Waals surface area contributed by atoms with Crippen LogP contribution in [0.5, 0.6) is 11.5 Å². The minimum Gasteiger partial charge on any atom is -0.496 e. The highest BCUT2D eigenvalue weighted by Crippen LogP contribution is 2.25. The van der Waals surface area contributed by atoms with Crippen LogP contribution in [-0.4, -0.2) is 19.6 Å². The largest absolute Gasteiger partial charge is 0.496 e. The number of amides is 1. The molecule has 0 fully saturated rings. The van der Waals surface area contributed by atoms with E-state index in [0.717, 1.165) is 34.6 Å². The first-order valence-electron chi connectivity index (χ1n) is 8.69. The molecule has 0 heterocycles. The molecule has 0 radical (unpaired) electrons. The molecule has 0 aromatic heterocycles. The second kappa shape index (κ2) is 8.56. The van der Waals surface area contributed by atoms with Crippen molar-refractivity contribution in [3.8, 4) is 11.5 Å². The zero-order valence-corrected chi connectivity index (χ0v) is 15.7. The number of carbonyl (C=O) groups is 1. The first-order valence-corrected chi connectivity index (χ1v) is 8.69. The van der Waals surface area contributed by atoms with Crippen molar-refractivity contribution in [2.45, 2.75) is 40.2 Å². The van der Waals surface area contributed by atoms with Crippen molar-refractivity contribution in [1.29, 1.82) is 0 Å². The maximum Gasteiger partial charge on any atom is 0.251 e. The van der Waals surface area contributed by atoms with E-state index in [0.29, 0.717) is 12.2 Å². The van der Waals surface area contributed by atoms with Gasteiger partial charge in [0, 0.05) is 5.56 Å². The van der Waals surface area contributed by atoms with Crippen molar-refractivity contribution in [3.05, 3.63) is 58.7 Å². The van der Waals surface area contributed by atoms with E-state index >= 15 is 0 Å². The van der Waals surface area contributed by atoms with Crippen LogP contribution in [0.1, 0.15) is 53.4 Å². The van der Waals surface area contributed by atoms with Crippen LogP contribution in [0.25, 0.3) is 0 Å². The van der Waals surface area contributed by atoms with Gasteiger partial charge in [-0.1, -0.05) is 19.1 Å². The fourth-order valence-corrected chi connectivity index (χ4v) is 2.89. The first kappa shape index (κ1) is 18.8. The van der Waals surface area contributed by atoms with Gasteiger partial charge >= 0.3 is 0 Å². The monoisotopic (exact) mass is 341 g/mol. The summed E-state index contributed by atoms with van der Waals surface area (Å²) in [6.07, 6.45) is 0.813. The number of ether oxygens (including phenoxy) is 2. The van der Waals surface area contributed by atoms with E-state index in [1.54, 1.807) is 13.2 Å². The molecular formula is C21H27NO3. The van der Waals surface area contributed by atoms with E-state index in [4.69, 9.17) is 9.47 Å². The normalized spacial score (nSPS) is 11.7. The topological polar surface area (TPSA) is 47.6 Å². The molecule has 0 saturated heterocycles. The summed E-state index contributed by atoms with van der Waals surface area (Å²) >= 11 is 0. The predicted octanol–water partition coefficient (Wildman–Crippen LogP) is 4.59. The Morgan fingerprint density at radius 1 is 1.04 bits per heavy atom. The van der Waals surface area contributed by atoms with Gasteiger partial charge in [0.1, 0.15) is 11.5 Å². The van der Waals surface area contributed by atoms with Crippen LogP contribution in [0.2, 0.25) is 0 Å². The minimum atomic E-state index is -0.0773. The lowest BCUT2D eigenvalue weighted by Crippen LogP contribution is -2.28. The second-order valence-corrected chi connectivity index (χ2v) is 6.08. The second-order valence-electron chi connectivity index (χ2n) is 6.08. The minimum absolute atomic E-state index is 0.0380. The van der Waals surface area contributed by atoms with Gasteiger partial charge in [0.15, 0.2) is 0 Å². The van der Waals surface area contributed by atoms with Gasteiger partial charge in [0.25, 0.3) is 5.91 Å². The smallest absolute Gasteiger partial charge is 0.251 e. The molecular weight excluding hydrogens is 314 g/mol. The van der Waals surface area contributed by atoms with Crippen LogP contribution in [0.3, 0.4) is 0 Å². The lowest BCUT2D eigenvalue weighted by Gasteiger charge is -2.19. The molecule has 1 N–H and O–H groups in total. The SMILES string of the molecule is CCOc1ccc(C(=O)N[C@@H](CC)c2ccc(OC)c(C)c2)cc1C. The third-order valence-corrected chi connectivity index (χ3v) is 4.27. The van der Waals surface area contributed by atoms with E-state index in [1.807, 2.05) is 45.0 Å². The van der Waals surface area contributed by atoms with Crippen LogP contribution in [0.15, 0.2) is 36.4 Å². The van der Waals surface area contributed by atoms with Crippen molar-refractivity contribution >= 4 is 5.91 Å².